The molecule has 0 fully saturated rings. The van der Waals surface area contributed by atoms with Crippen LogP contribution in [0.3, 0.4) is 0 Å². The van der Waals surface area contributed by atoms with Crippen molar-refractivity contribution >= 4 is 5.78 Å². The van der Waals surface area contributed by atoms with Crippen molar-refractivity contribution in [3.05, 3.63) is 138 Å². The lowest BCUT2D eigenvalue weighted by Crippen LogP contribution is -2.21. The van der Waals surface area contributed by atoms with Gasteiger partial charge in [-0.25, -0.2) is 9.97 Å². The summed E-state index contributed by atoms with van der Waals surface area (Å²) >= 11 is 0. The quantitative estimate of drug-likeness (QED) is 0.162. The van der Waals surface area contributed by atoms with E-state index in [1.165, 1.54) is 19.6 Å². The van der Waals surface area contributed by atoms with Crippen molar-refractivity contribution < 1.29 is 14.6 Å². The summed E-state index contributed by atoms with van der Waals surface area (Å²) in [6.07, 6.45) is 12.7. The van der Waals surface area contributed by atoms with Gasteiger partial charge in [-0.1, -0.05) is 81.4 Å². The summed E-state index contributed by atoms with van der Waals surface area (Å²) in [4.78, 5) is 22.6. The first-order valence-electron chi connectivity index (χ1n) is 16.7. The van der Waals surface area contributed by atoms with Crippen LogP contribution in [0.25, 0.3) is 0 Å². The zero-order valence-corrected chi connectivity index (χ0v) is 28.2. The van der Waals surface area contributed by atoms with Gasteiger partial charge in [0.05, 0.1) is 31.8 Å². The SMILES string of the molecule is CCN(CC)CC.Cc1c(O[C@H](Cn2ccnc2)c2ccccc2)ccc2c1CCCC2=O.O[C@@H](Cn1ccnc1)c1ccccc1. The molecule has 47 heavy (non-hydrogen) atoms. The summed E-state index contributed by atoms with van der Waals surface area (Å²) in [5, 5.41) is 9.84. The largest absolute Gasteiger partial charge is 0.484 e. The molecule has 2 atom stereocenters. The number of fused-ring (bicyclic) bond motifs is 1. The number of carbonyl (C=O) groups is 1. The number of aromatic nitrogens is 4. The van der Waals surface area contributed by atoms with E-state index in [4.69, 9.17) is 4.74 Å². The van der Waals surface area contributed by atoms with Gasteiger partial charge in [0.1, 0.15) is 11.9 Å². The maximum Gasteiger partial charge on any atom is 0.163 e. The second kappa shape index (κ2) is 18.6. The third-order valence-electron chi connectivity index (χ3n) is 8.53. The van der Waals surface area contributed by atoms with Crippen molar-refractivity contribution in [2.45, 2.75) is 72.3 Å². The van der Waals surface area contributed by atoms with Gasteiger partial charge in [-0.3, -0.25) is 4.79 Å². The predicted molar refractivity (Wildman–Crippen MR) is 188 cm³/mol. The van der Waals surface area contributed by atoms with Crippen molar-refractivity contribution in [3.63, 3.8) is 0 Å². The van der Waals surface area contributed by atoms with E-state index in [0.29, 0.717) is 19.5 Å². The Kier molecular flexibility index (Phi) is 14.0. The number of rotatable bonds is 11. The topological polar surface area (TPSA) is 85.4 Å². The van der Waals surface area contributed by atoms with Crippen molar-refractivity contribution in [2.24, 2.45) is 0 Å². The number of benzene rings is 3. The van der Waals surface area contributed by atoms with Crippen molar-refractivity contribution in [1.29, 1.82) is 0 Å². The fourth-order valence-corrected chi connectivity index (χ4v) is 5.67. The lowest BCUT2D eigenvalue weighted by Gasteiger charge is -2.24. The molecule has 3 aromatic carbocycles. The highest BCUT2D eigenvalue weighted by Crippen LogP contribution is 2.33. The Morgan fingerprint density at radius 3 is 1.89 bits per heavy atom. The van der Waals surface area contributed by atoms with Crippen LogP contribution in [0.15, 0.2) is 110 Å². The molecule has 1 aliphatic rings. The smallest absolute Gasteiger partial charge is 0.163 e. The Balaban J connectivity index is 0.000000199. The Labute approximate surface area is 279 Å². The van der Waals surface area contributed by atoms with E-state index in [2.05, 4.69) is 54.7 Å². The standard InChI is InChI=1S/C22H22N2O2.C11H12N2O.C6H15N/c1-16-18-8-5-9-20(25)19(18)10-11-21(16)26-22(14-24-13-12-23-15-24)17-6-3-2-4-7-17;14-11(8-13-7-6-12-9-13)10-4-2-1-3-5-10;1-4-7(5-2)6-3/h2-4,6-7,10-13,15,22H,5,8-9,14H2,1H3;1-7,9,11,14H,8H2;4-6H2,1-3H3/t22-;11-;/m10./s1. The van der Waals surface area contributed by atoms with Crippen LogP contribution < -0.4 is 4.74 Å². The Morgan fingerprint density at radius 2 is 1.36 bits per heavy atom. The minimum absolute atomic E-state index is 0.124. The molecule has 2 heterocycles. The van der Waals surface area contributed by atoms with Gasteiger partial charge < -0.3 is 23.9 Å². The predicted octanol–water partition coefficient (Wildman–Crippen LogP) is 7.50. The Hall–Kier alpha value is -4.53. The summed E-state index contributed by atoms with van der Waals surface area (Å²) in [6.45, 7) is 13.4. The number of carbonyl (C=O) groups excluding carboxylic acids is 1. The number of Topliss-reactive ketones (excluding diaryl/α,β-unsaturated/α-hetero) is 1. The van der Waals surface area contributed by atoms with Crippen LogP contribution in [-0.4, -0.2) is 54.5 Å². The highest BCUT2D eigenvalue weighted by molar-refractivity contribution is 5.99. The Bertz CT molecular complexity index is 1580. The lowest BCUT2D eigenvalue weighted by atomic mass is 9.87. The van der Waals surface area contributed by atoms with E-state index in [1.807, 2.05) is 82.2 Å². The van der Waals surface area contributed by atoms with Gasteiger partial charge in [0, 0.05) is 36.8 Å². The van der Waals surface area contributed by atoms with Gasteiger partial charge in [-0.2, -0.15) is 0 Å². The van der Waals surface area contributed by atoms with Crippen LogP contribution in [0, 0.1) is 6.92 Å². The number of ether oxygens (including phenoxy) is 1. The van der Waals surface area contributed by atoms with Crippen molar-refractivity contribution in [1.82, 2.24) is 24.0 Å². The molecule has 1 aliphatic carbocycles. The fourth-order valence-electron chi connectivity index (χ4n) is 5.67. The summed E-state index contributed by atoms with van der Waals surface area (Å²) in [5.41, 5.74) is 5.15. The molecule has 2 aromatic heterocycles. The zero-order chi connectivity index (χ0) is 33.4. The van der Waals surface area contributed by atoms with Crippen LogP contribution in [0.2, 0.25) is 0 Å². The van der Waals surface area contributed by atoms with Crippen molar-refractivity contribution in [2.75, 3.05) is 19.6 Å². The highest BCUT2D eigenvalue weighted by Gasteiger charge is 2.22. The molecule has 0 radical (unpaired) electrons. The van der Waals surface area contributed by atoms with Crippen LogP contribution in [-0.2, 0) is 19.5 Å². The normalized spacial score (nSPS) is 13.4. The minimum Gasteiger partial charge on any atom is -0.484 e. The molecular weight excluding hydrogens is 586 g/mol. The summed E-state index contributed by atoms with van der Waals surface area (Å²) in [6, 6.07) is 23.7. The molecule has 0 spiro atoms. The molecular formula is C39H49N5O3. The number of hydrogen-bond donors (Lipinski definition) is 1. The van der Waals surface area contributed by atoms with Gasteiger partial charge in [0.2, 0.25) is 0 Å². The second-order valence-electron chi connectivity index (χ2n) is 11.6. The number of hydrogen-bond acceptors (Lipinski definition) is 6. The second-order valence-corrected chi connectivity index (χ2v) is 11.6. The molecule has 1 N–H and O–H groups in total. The molecule has 8 heteroatoms. The first-order valence-corrected chi connectivity index (χ1v) is 16.7. The van der Waals surface area contributed by atoms with Crippen LogP contribution in [0.1, 0.15) is 78.4 Å². The van der Waals surface area contributed by atoms with Gasteiger partial charge in [-0.05, 0) is 73.8 Å². The van der Waals surface area contributed by atoms with E-state index in [-0.39, 0.29) is 11.9 Å². The van der Waals surface area contributed by atoms with E-state index in [0.717, 1.165) is 46.4 Å². The first-order chi connectivity index (χ1) is 22.9. The van der Waals surface area contributed by atoms with E-state index in [1.54, 1.807) is 25.0 Å². The third kappa shape index (κ3) is 10.5. The molecule has 0 saturated heterocycles. The molecule has 0 unspecified atom stereocenters. The van der Waals surface area contributed by atoms with Crippen LogP contribution >= 0.6 is 0 Å². The van der Waals surface area contributed by atoms with E-state index >= 15 is 0 Å². The maximum absolute atomic E-state index is 12.2. The van der Waals surface area contributed by atoms with Crippen LogP contribution in [0.4, 0.5) is 0 Å². The molecule has 248 valence electrons. The number of aliphatic hydroxyl groups excluding tert-OH is 1. The van der Waals surface area contributed by atoms with Gasteiger partial charge in [-0.15, -0.1) is 0 Å². The first kappa shape index (κ1) is 35.3. The molecule has 0 amide bonds. The number of imidazole rings is 2. The summed E-state index contributed by atoms with van der Waals surface area (Å²) in [7, 11) is 0. The molecule has 5 aromatic rings. The highest BCUT2D eigenvalue weighted by atomic mass is 16.5. The minimum atomic E-state index is -0.467. The van der Waals surface area contributed by atoms with E-state index < -0.39 is 6.10 Å². The third-order valence-corrected chi connectivity index (χ3v) is 8.53. The van der Waals surface area contributed by atoms with Crippen LogP contribution in [0.5, 0.6) is 5.75 Å². The fraction of sp³-hybridized carbons (Fsp3) is 0.359. The monoisotopic (exact) mass is 635 g/mol. The average molecular weight is 636 g/mol. The molecule has 6 rings (SSSR count). The average Bonchev–Trinajstić information content (AvgIpc) is 3.83. The number of nitrogens with zero attached hydrogens (tertiary/aromatic N) is 5. The molecule has 0 aliphatic heterocycles. The molecule has 8 nitrogen and oxygen atoms in total. The lowest BCUT2D eigenvalue weighted by molar-refractivity contribution is 0.0972. The van der Waals surface area contributed by atoms with Gasteiger partial charge in [0.25, 0.3) is 0 Å². The summed E-state index contributed by atoms with van der Waals surface area (Å²) in [5.74, 6) is 1.10. The molecule has 0 bridgehead atoms. The number of aliphatic hydroxyl groups is 1. The maximum atomic E-state index is 12.2. The number of ketones is 1. The van der Waals surface area contributed by atoms with Gasteiger partial charge in [0.15, 0.2) is 5.78 Å². The van der Waals surface area contributed by atoms with E-state index in [9.17, 15) is 9.90 Å². The summed E-state index contributed by atoms with van der Waals surface area (Å²) < 4.78 is 10.3. The zero-order valence-electron chi connectivity index (χ0n) is 28.2. The van der Waals surface area contributed by atoms with Gasteiger partial charge >= 0.3 is 0 Å². The molecule has 0 saturated carbocycles. The van der Waals surface area contributed by atoms with Crippen molar-refractivity contribution in [3.8, 4) is 5.75 Å². The Morgan fingerprint density at radius 1 is 0.787 bits per heavy atom.